The van der Waals surface area contributed by atoms with E-state index in [4.69, 9.17) is 4.74 Å². The van der Waals surface area contributed by atoms with E-state index in [2.05, 4.69) is 30.7 Å². The van der Waals surface area contributed by atoms with Crippen molar-refractivity contribution in [3.63, 3.8) is 0 Å². The maximum Gasteiger partial charge on any atom is 0.343 e. The van der Waals surface area contributed by atoms with E-state index in [1.807, 2.05) is 12.1 Å². The number of nitrogens with zero attached hydrogens (tertiary/aromatic N) is 3. The molecule has 33 heavy (non-hydrogen) atoms. The summed E-state index contributed by atoms with van der Waals surface area (Å²) in [7, 11) is -3.55. The minimum absolute atomic E-state index is 0.198. The van der Waals surface area contributed by atoms with Gasteiger partial charge in [-0.25, -0.2) is 18.2 Å². The van der Waals surface area contributed by atoms with Crippen LogP contribution in [0.4, 0.5) is 5.13 Å². The standard InChI is InChI=1S/C24H29N3O4S2/c1-4-26(5-2)24-25-21-11-8-19(16-22(21)32-24)31-23(28)18-6-9-20(10-7-18)33(29,30)27-14-12-17(3)13-15-27/h6-11,16-17H,4-5,12-15H2,1-3H3. The van der Waals surface area contributed by atoms with E-state index in [-0.39, 0.29) is 4.90 Å². The zero-order chi connectivity index (χ0) is 23.6. The highest BCUT2D eigenvalue weighted by Crippen LogP contribution is 2.31. The zero-order valence-electron chi connectivity index (χ0n) is 19.2. The number of fused-ring (bicyclic) bond motifs is 1. The SMILES string of the molecule is CCN(CC)c1nc2ccc(OC(=O)c3ccc(S(=O)(=O)N4CCC(C)CC4)cc3)cc2s1. The molecule has 1 aromatic heterocycles. The molecule has 0 aliphatic carbocycles. The number of benzene rings is 2. The van der Waals surface area contributed by atoms with Gasteiger partial charge in [-0.3, -0.25) is 0 Å². The lowest BCUT2D eigenvalue weighted by atomic mass is 10.0. The Balaban J connectivity index is 1.47. The number of piperidine rings is 1. The fraction of sp³-hybridized carbons (Fsp3) is 0.417. The quantitative estimate of drug-likeness (QED) is 0.352. The number of aromatic nitrogens is 1. The smallest absolute Gasteiger partial charge is 0.343 e. The van der Waals surface area contributed by atoms with Gasteiger partial charge >= 0.3 is 5.97 Å². The van der Waals surface area contributed by atoms with E-state index in [1.54, 1.807) is 17.4 Å². The van der Waals surface area contributed by atoms with Crippen LogP contribution in [0.15, 0.2) is 47.4 Å². The van der Waals surface area contributed by atoms with E-state index in [1.165, 1.54) is 28.6 Å². The molecule has 1 saturated heterocycles. The largest absolute Gasteiger partial charge is 0.423 e. The van der Waals surface area contributed by atoms with Crippen LogP contribution in [0.2, 0.25) is 0 Å². The lowest BCUT2D eigenvalue weighted by Gasteiger charge is -2.29. The number of esters is 1. The van der Waals surface area contributed by atoms with Crippen molar-refractivity contribution in [1.29, 1.82) is 0 Å². The Labute approximate surface area is 199 Å². The first-order chi connectivity index (χ1) is 15.8. The monoisotopic (exact) mass is 487 g/mol. The Kier molecular flexibility index (Phi) is 7.02. The van der Waals surface area contributed by atoms with E-state index in [0.717, 1.165) is 41.3 Å². The Morgan fingerprint density at radius 2 is 1.79 bits per heavy atom. The molecular formula is C24H29N3O4S2. The predicted molar refractivity (Wildman–Crippen MR) is 132 cm³/mol. The highest BCUT2D eigenvalue weighted by molar-refractivity contribution is 7.89. The number of hydrogen-bond donors (Lipinski definition) is 0. The maximum absolute atomic E-state index is 12.9. The highest BCUT2D eigenvalue weighted by Gasteiger charge is 2.28. The van der Waals surface area contributed by atoms with Crippen molar-refractivity contribution >= 4 is 42.7 Å². The van der Waals surface area contributed by atoms with E-state index < -0.39 is 16.0 Å². The Bertz CT molecular complexity index is 1230. The zero-order valence-corrected chi connectivity index (χ0v) is 20.8. The molecule has 176 valence electrons. The number of rotatable bonds is 7. The van der Waals surface area contributed by atoms with Crippen LogP contribution in [0.1, 0.15) is 44.0 Å². The second-order valence-corrected chi connectivity index (χ2v) is 11.2. The summed E-state index contributed by atoms with van der Waals surface area (Å²) in [6.07, 6.45) is 1.73. The molecule has 0 unspecified atom stereocenters. The van der Waals surface area contributed by atoms with Gasteiger partial charge in [0.05, 0.1) is 20.7 Å². The van der Waals surface area contributed by atoms with Crippen molar-refractivity contribution in [3.05, 3.63) is 48.0 Å². The summed E-state index contributed by atoms with van der Waals surface area (Å²) in [4.78, 5) is 19.7. The average molecular weight is 488 g/mol. The second-order valence-electron chi connectivity index (χ2n) is 8.30. The molecular weight excluding hydrogens is 458 g/mol. The molecule has 7 nitrogen and oxygen atoms in total. The third-order valence-electron chi connectivity index (χ3n) is 6.06. The Morgan fingerprint density at radius 3 is 2.42 bits per heavy atom. The number of anilines is 1. The molecule has 9 heteroatoms. The van der Waals surface area contributed by atoms with Crippen molar-refractivity contribution < 1.29 is 17.9 Å². The number of thiazole rings is 1. The molecule has 1 fully saturated rings. The molecule has 0 bridgehead atoms. The second kappa shape index (κ2) is 9.79. The normalized spacial score (nSPS) is 15.6. The highest BCUT2D eigenvalue weighted by atomic mass is 32.2. The first-order valence-electron chi connectivity index (χ1n) is 11.3. The van der Waals surface area contributed by atoms with Crippen LogP contribution >= 0.6 is 11.3 Å². The third kappa shape index (κ3) is 5.05. The Morgan fingerprint density at radius 1 is 1.12 bits per heavy atom. The molecule has 0 radical (unpaired) electrons. The third-order valence-corrected chi connectivity index (χ3v) is 9.06. The molecule has 0 saturated carbocycles. The predicted octanol–water partition coefficient (Wildman–Crippen LogP) is 4.78. The van der Waals surface area contributed by atoms with Gasteiger partial charge < -0.3 is 9.64 Å². The van der Waals surface area contributed by atoms with Crippen LogP contribution in [0.3, 0.4) is 0 Å². The summed E-state index contributed by atoms with van der Waals surface area (Å²) in [5, 5.41) is 0.943. The summed E-state index contributed by atoms with van der Waals surface area (Å²) in [6, 6.07) is 11.4. The molecule has 4 rings (SSSR count). The topological polar surface area (TPSA) is 79.8 Å². The van der Waals surface area contributed by atoms with Gasteiger partial charge in [0.2, 0.25) is 10.0 Å². The maximum atomic E-state index is 12.9. The van der Waals surface area contributed by atoms with E-state index in [9.17, 15) is 13.2 Å². The number of hydrogen-bond acceptors (Lipinski definition) is 7. The molecule has 2 heterocycles. The van der Waals surface area contributed by atoms with Gasteiger partial charge in [0.1, 0.15) is 5.75 Å². The Hall–Kier alpha value is -2.49. The van der Waals surface area contributed by atoms with Gasteiger partial charge in [0.15, 0.2) is 5.13 Å². The van der Waals surface area contributed by atoms with Gasteiger partial charge in [0.25, 0.3) is 0 Å². The van der Waals surface area contributed by atoms with Crippen LogP contribution in [0.5, 0.6) is 5.75 Å². The van der Waals surface area contributed by atoms with Crippen LogP contribution < -0.4 is 9.64 Å². The first-order valence-corrected chi connectivity index (χ1v) is 13.6. The van der Waals surface area contributed by atoms with Crippen molar-refractivity contribution in [2.45, 2.75) is 38.5 Å². The lowest BCUT2D eigenvalue weighted by molar-refractivity contribution is 0.0735. The number of sulfonamides is 1. The summed E-state index contributed by atoms with van der Waals surface area (Å²) in [6.45, 7) is 9.13. The molecule has 1 aliphatic heterocycles. The fourth-order valence-corrected chi connectivity index (χ4v) is 6.48. The van der Waals surface area contributed by atoms with Crippen LogP contribution in [0.25, 0.3) is 10.2 Å². The summed E-state index contributed by atoms with van der Waals surface area (Å²) >= 11 is 1.56. The van der Waals surface area contributed by atoms with Gasteiger partial charge in [0, 0.05) is 32.2 Å². The van der Waals surface area contributed by atoms with E-state index >= 15 is 0 Å². The first kappa shape index (κ1) is 23.7. The molecule has 2 aromatic carbocycles. The van der Waals surface area contributed by atoms with Gasteiger partial charge in [-0.2, -0.15) is 4.31 Å². The van der Waals surface area contributed by atoms with Crippen LogP contribution in [-0.2, 0) is 10.0 Å². The number of carbonyl (C=O) groups excluding carboxylic acids is 1. The molecule has 0 N–H and O–H groups in total. The summed E-state index contributed by atoms with van der Waals surface area (Å²) in [5.41, 5.74) is 1.16. The van der Waals surface area contributed by atoms with Gasteiger partial charge in [-0.05, 0) is 69.0 Å². The molecule has 0 amide bonds. The summed E-state index contributed by atoms with van der Waals surface area (Å²) < 4.78 is 33.8. The van der Waals surface area contributed by atoms with Gasteiger partial charge in [-0.1, -0.05) is 18.3 Å². The molecule has 3 aromatic rings. The molecule has 0 spiro atoms. The lowest BCUT2D eigenvalue weighted by Crippen LogP contribution is -2.37. The number of ether oxygens (including phenoxy) is 1. The molecule has 1 aliphatic rings. The van der Waals surface area contributed by atoms with Crippen LogP contribution in [-0.4, -0.2) is 49.9 Å². The van der Waals surface area contributed by atoms with E-state index in [0.29, 0.717) is 30.3 Å². The number of carbonyl (C=O) groups is 1. The summed E-state index contributed by atoms with van der Waals surface area (Å²) in [5.74, 6) is 0.446. The fourth-order valence-electron chi connectivity index (χ4n) is 3.89. The molecule has 0 atom stereocenters. The van der Waals surface area contributed by atoms with Crippen LogP contribution in [0, 0.1) is 5.92 Å². The van der Waals surface area contributed by atoms with Crippen molar-refractivity contribution in [3.8, 4) is 5.75 Å². The van der Waals surface area contributed by atoms with Crippen molar-refractivity contribution in [2.24, 2.45) is 5.92 Å². The minimum atomic E-state index is -3.55. The minimum Gasteiger partial charge on any atom is -0.423 e. The average Bonchev–Trinajstić information content (AvgIpc) is 3.23. The van der Waals surface area contributed by atoms with Crippen molar-refractivity contribution in [2.75, 3.05) is 31.1 Å². The van der Waals surface area contributed by atoms with Gasteiger partial charge in [-0.15, -0.1) is 0 Å². The van der Waals surface area contributed by atoms with Crippen molar-refractivity contribution in [1.82, 2.24) is 9.29 Å².